The van der Waals surface area contributed by atoms with Crippen LogP contribution in [0.15, 0.2) is 36.5 Å². The van der Waals surface area contributed by atoms with Gasteiger partial charge in [0, 0.05) is 6.20 Å². The van der Waals surface area contributed by atoms with Gasteiger partial charge in [-0.25, -0.2) is 9.37 Å². The van der Waals surface area contributed by atoms with E-state index in [1.807, 2.05) is 33.8 Å². The van der Waals surface area contributed by atoms with E-state index in [9.17, 15) is 9.18 Å². The van der Waals surface area contributed by atoms with E-state index in [-0.39, 0.29) is 11.0 Å². The molecule has 0 saturated carbocycles. The zero-order valence-corrected chi connectivity index (χ0v) is 12.7. The highest BCUT2D eigenvalue weighted by molar-refractivity contribution is 6.04. The number of aryl methyl sites for hydroxylation is 1. The van der Waals surface area contributed by atoms with Crippen molar-refractivity contribution in [1.82, 2.24) is 4.98 Å². The van der Waals surface area contributed by atoms with Crippen molar-refractivity contribution in [3.63, 3.8) is 0 Å². The summed E-state index contributed by atoms with van der Waals surface area (Å²) in [5.41, 5.74) is 1.77. The normalized spacial score (nSPS) is 11.3. The fourth-order valence-corrected chi connectivity index (χ4v) is 1.95. The molecule has 0 aliphatic heterocycles. The van der Waals surface area contributed by atoms with E-state index in [2.05, 4.69) is 10.3 Å². The summed E-state index contributed by atoms with van der Waals surface area (Å²) in [5.74, 6) is -0.606. The standard InChI is InChI=1S/C17H19FN2O/c1-11-7-8-19-15(9-11)20-16(21)13-10-12(17(2,3)4)5-6-14(13)18/h5-10H,1-4H3,(H,19,20,21). The van der Waals surface area contributed by atoms with Crippen LogP contribution in [-0.4, -0.2) is 10.9 Å². The van der Waals surface area contributed by atoms with E-state index < -0.39 is 11.7 Å². The number of nitrogens with one attached hydrogen (secondary N) is 1. The molecule has 0 saturated heterocycles. The Kier molecular flexibility index (Phi) is 4.07. The Morgan fingerprint density at radius 3 is 2.52 bits per heavy atom. The van der Waals surface area contributed by atoms with Gasteiger partial charge in [0.1, 0.15) is 11.6 Å². The van der Waals surface area contributed by atoms with E-state index >= 15 is 0 Å². The third kappa shape index (κ3) is 3.66. The second-order valence-electron chi connectivity index (χ2n) is 6.12. The SMILES string of the molecule is Cc1ccnc(NC(=O)c2cc(C(C)(C)C)ccc2F)c1. The molecular formula is C17H19FN2O. The first-order chi connectivity index (χ1) is 9.77. The highest BCUT2D eigenvalue weighted by Crippen LogP contribution is 2.24. The van der Waals surface area contributed by atoms with Crippen molar-refractivity contribution in [3.8, 4) is 0 Å². The summed E-state index contributed by atoms with van der Waals surface area (Å²) in [6, 6.07) is 8.20. The first-order valence-corrected chi connectivity index (χ1v) is 6.81. The molecule has 4 heteroatoms. The molecule has 0 atom stereocenters. The van der Waals surface area contributed by atoms with Gasteiger partial charge in [-0.05, 0) is 47.7 Å². The molecule has 1 N–H and O–H groups in total. The molecule has 110 valence electrons. The number of anilines is 1. The fraction of sp³-hybridized carbons (Fsp3) is 0.294. The largest absolute Gasteiger partial charge is 0.306 e. The van der Waals surface area contributed by atoms with Crippen molar-refractivity contribution in [2.45, 2.75) is 33.1 Å². The summed E-state index contributed by atoms with van der Waals surface area (Å²) < 4.78 is 13.9. The van der Waals surface area contributed by atoms with Gasteiger partial charge in [0.15, 0.2) is 0 Å². The monoisotopic (exact) mass is 286 g/mol. The summed E-state index contributed by atoms with van der Waals surface area (Å²) in [6.45, 7) is 7.95. The molecule has 1 aromatic carbocycles. The number of amides is 1. The average molecular weight is 286 g/mol. The van der Waals surface area contributed by atoms with Crippen molar-refractivity contribution in [2.75, 3.05) is 5.32 Å². The van der Waals surface area contributed by atoms with Crippen LogP contribution >= 0.6 is 0 Å². The Hall–Kier alpha value is -2.23. The minimum atomic E-state index is -0.534. The van der Waals surface area contributed by atoms with Crippen LogP contribution in [0.1, 0.15) is 42.3 Å². The second kappa shape index (κ2) is 5.64. The highest BCUT2D eigenvalue weighted by Gasteiger charge is 2.19. The number of aromatic nitrogens is 1. The predicted molar refractivity (Wildman–Crippen MR) is 82.0 cm³/mol. The molecule has 2 rings (SSSR count). The number of halogens is 1. The smallest absolute Gasteiger partial charge is 0.259 e. The Labute approximate surface area is 124 Å². The van der Waals surface area contributed by atoms with Crippen LogP contribution in [0.3, 0.4) is 0 Å². The van der Waals surface area contributed by atoms with Crippen LogP contribution in [0.5, 0.6) is 0 Å². The summed E-state index contributed by atoms with van der Waals surface area (Å²) in [4.78, 5) is 16.3. The first kappa shape index (κ1) is 15.2. The van der Waals surface area contributed by atoms with E-state index in [4.69, 9.17) is 0 Å². The number of carbonyl (C=O) groups is 1. The van der Waals surface area contributed by atoms with Gasteiger partial charge >= 0.3 is 0 Å². The molecule has 0 radical (unpaired) electrons. The number of rotatable bonds is 2. The predicted octanol–water partition coefficient (Wildman–Crippen LogP) is 4.08. The van der Waals surface area contributed by atoms with Crippen LogP contribution in [0.4, 0.5) is 10.2 Å². The third-order valence-corrected chi connectivity index (χ3v) is 3.23. The summed E-state index contributed by atoms with van der Waals surface area (Å²) in [7, 11) is 0. The molecule has 1 heterocycles. The van der Waals surface area contributed by atoms with Crippen molar-refractivity contribution in [2.24, 2.45) is 0 Å². The Balaban J connectivity index is 2.31. The summed E-state index contributed by atoms with van der Waals surface area (Å²) >= 11 is 0. The molecule has 21 heavy (non-hydrogen) atoms. The minimum Gasteiger partial charge on any atom is -0.306 e. The van der Waals surface area contributed by atoms with Gasteiger partial charge in [0.05, 0.1) is 5.56 Å². The molecular weight excluding hydrogens is 267 g/mol. The summed E-state index contributed by atoms with van der Waals surface area (Å²) in [6.07, 6.45) is 1.60. The summed E-state index contributed by atoms with van der Waals surface area (Å²) in [5, 5.41) is 2.63. The van der Waals surface area contributed by atoms with Gasteiger partial charge < -0.3 is 5.32 Å². The van der Waals surface area contributed by atoms with Crippen molar-refractivity contribution >= 4 is 11.7 Å². The number of hydrogen-bond acceptors (Lipinski definition) is 2. The zero-order valence-electron chi connectivity index (χ0n) is 12.7. The number of nitrogens with zero attached hydrogens (tertiary/aromatic N) is 1. The Morgan fingerprint density at radius 1 is 1.19 bits per heavy atom. The van der Waals surface area contributed by atoms with E-state index in [1.54, 1.807) is 24.4 Å². The lowest BCUT2D eigenvalue weighted by atomic mass is 9.86. The van der Waals surface area contributed by atoms with Gasteiger partial charge in [-0.15, -0.1) is 0 Å². The maximum atomic E-state index is 13.9. The number of benzene rings is 1. The zero-order chi connectivity index (χ0) is 15.6. The number of pyridine rings is 1. The van der Waals surface area contributed by atoms with Crippen LogP contribution in [0.25, 0.3) is 0 Å². The van der Waals surface area contributed by atoms with Crippen LogP contribution < -0.4 is 5.32 Å². The molecule has 0 bridgehead atoms. The number of hydrogen-bond donors (Lipinski definition) is 1. The molecule has 0 aliphatic rings. The van der Waals surface area contributed by atoms with Crippen molar-refractivity contribution in [1.29, 1.82) is 0 Å². The quantitative estimate of drug-likeness (QED) is 0.904. The fourth-order valence-electron chi connectivity index (χ4n) is 1.95. The van der Waals surface area contributed by atoms with E-state index in [0.29, 0.717) is 5.82 Å². The van der Waals surface area contributed by atoms with E-state index in [0.717, 1.165) is 11.1 Å². The van der Waals surface area contributed by atoms with Crippen LogP contribution in [0, 0.1) is 12.7 Å². The Morgan fingerprint density at radius 2 is 1.90 bits per heavy atom. The third-order valence-electron chi connectivity index (χ3n) is 3.23. The Bertz CT molecular complexity index is 675. The molecule has 3 nitrogen and oxygen atoms in total. The molecule has 0 aliphatic carbocycles. The van der Waals surface area contributed by atoms with Gasteiger partial charge in [-0.2, -0.15) is 0 Å². The molecule has 0 spiro atoms. The molecule has 0 fully saturated rings. The molecule has 1 amide bonds. The number of carbonyl (C=O) groups excluding carboxylic acids is 1. The lowest BCUT2D eigenvalue weighted by molar-refractivity contribution is 0.102. The van der Waals surface area contributed by atoms with Crippen molar-refractivity contribution in [3.05, 3.63) is 59.0 Å². The van der Waals surface area contributed by atoms with Gasteiger partial charge in [0.2, 0.25) is 0 Å². The first-order valence-electron chi connectivity index (χ1n) is 6.81. The lowest BCUT2D eigenvalue weighted by Crippen LogP contribution is -2.18. The molecule has 1 aromatic heterocycles. The molecule has 2 aromatic rings. The second-order valence-corrected chi connectivity index (χ2v) is 6.12. The van der Waals surface area contributed by atoms with E-state index in [1.165, 1.54) is 6.07 Å². The van der Waals surface area contributed by atoms with Crippen LogP contribution in [0.2, 0.25) is 0 Å². The maximum absolute atomic E-state index is 13.9. The van der Waals surface area contributed by atoms with Gasteiger partial charge in [0.25, 0.3) is 5.91 Å². The highest BCUT2D eigenvalue weighted by atomic mass is 19.1. The van der Waals surface area contributed by atoms with Crippen LogP contribution in [-0.2, 0) is 5.41 Å². The topological polar surface area (TPSA) is 42.0 Å². The average Bonchev–Trinajstić information content (AvgIpc) is 2.37. The van der Waals surface area contributed by atoms with Gasteiger partial charge in [-0.3, -0.25) is 4.79 Å². The maximum Gasteiger partial charge on any atom is 0.259 e. The van der Waals surface area contributed by atoms with Gasteiger partial charge in [-0.1, -0.05) is 26.8 Å². The lowest BCUT2D eigenvalue weighted by Gasteiger charge is -2.20. The van der Waals surface area contributed by atoms with Crippen molar-refractivity contribution < 1.29 is 9.18 Å². The minimum absolute atomic E-state index is 0.0331. The molecule has 0 unspecified atom stereocenters.